The minimum Gasteiger partial charge on any atom is -0.314 e. The zero-order valence-electron chi connectivity index (χ0n) is 9.05. The molecule has 2 atom stereocenters. The predicted octanol–water partition coefficient (Wildman–Crippen LogP) is 2.81. The Kier molecular flexibility index (Phi) is 2.92. The molecule has 2 aliphatic rings. The maximum Gasteiger partial charge on any atom is 0.00683 e. The molecule has 0 aliphatic heterocycles. The predicted molar refractivity (Wildman–Crippen MR) is 56.7 cm³/mol. The van der Waals surface area contributed by atoms with E-state index >= 15 is 0 Å². The first-order valence-electron chi connectivity index (χ1n) is 6.00. The Hall–Kier alpha value is -0.0400. The first kappa shape index (κ1) is 9.51. The molecular weight excluding hydrogens is 158 g/mol. The van der Waals surface area contributed by atoms with Gasteiger partial charge in [0.1, 0.15) is 0 Å². The van der Waals surface area contributed by atoms with E-state index in [1.807, 2.05) is 0 Å². The van der Waals surface area contributed by atoms with Crippen LogP contribution in [0.3, 0.4) is 0 Å². The van der Waals surface area contributed by atoms with Crippen molar-refractivity contribution in [3.63, 3.8) is 0 Å². The second-order valence-electron chi connectivity index (χ2n) is 5.28. The van der Waals surface area contributed by atoms with E-state index in [0.717, 1.165) is 23.8 Å². The molecule has 0 radical (unpaired) electrons. The van der Waals surface area contributed by atoms with Crippen molar-refractivity contribution in [2.24, 2.45) is 17.8 Å². The summed E-state index contributed by atoms with van der Waals surface area (Å²) in [5.41, 5.74) is 0. The van der Waals surface area contributed by atoms with Gasteiger partial charge < -0.3 is 5.32 Å². The summed E-state index contributed by atoms with van der Waals surface area (Å²) in [7, 11) is 0. The normalized spacial score (nSPS) is 34.4. The van der Waals surface area contributed by atoms with Crippen LogP contribution >= 0.6 is 0 Å². The largest absolute Gasteiger partial charge is 0.314 e. The van der Waals surface area contributed by atoms with Gasteiger partial charge in [0.15, 0.2) is 0 Å². The average molecular weight is 181 g/mol. The SMILES string of the molecule is CC(C)C1CCCC1CNC1CC1. The molecule has 0 amide bonds. The van der Waals surface area contributed by atoms with Crippen molar-refractivity contribution in [1.82, 2.24) is 5.32 Å². The molecule has 0 aromatic heterocycles. The van der Waals surface area contributed by atoms with Gasteiger partial charge in [0, 0.05) is 6.04 Å². The van der Waals surface area contributed by atoms with E-state index in [1.165, 1.54) is 38.6 Å². The van der Waals surface area contributed by atoms with Crippen LogP contribution in [0.25, 0.3) is 0 Å². The Morgan fingerprint density at radius 1 is 1.15 bits per heavy atom. The van der Waals surface area contributed by atoms with Crippen molar-refractivity contribution in [3.05, 3.63) is 0 Å². The zero-order chi connectivity index (χ0) is 9.26. The van der Waals surface area contributed by atoms with Crippen molar-refractivity contribution in [2.45, 2.75) is 52.0 Å². The van der Waals surface area contributed by atoms with Gasteiger partial charge in [-0.05, 0) is 50.0 Å². The standard InChI is InChI=1S/C12H23N/c1-9(2)12-5-3-4-10(12)8-13-11-6-7-11/h9-13H,3-8H2,1-2H3. The van der Waals surface area contributed by atoms with Crippen LogP contribution in [0, 0.1) is 17.8 Å². The lowest BCUT2D eigenvalue weighted by atomic mass is 9.86. The van der Waals surface area contributed by atoms with Crippen molar-refractivity contribution >= 4 is 0 Å². The first-order chi connectivity index (χ1) is 6.27. The van der Waals surface area contributed by atoms with Crippen molar-refractivity contribution < 1.29 is 0 Å². The fraction of sp³-hybridized carbons (Fsp3) is 1.00. The molecular formula is C12H23N. The molecule has 2 aliphatic carbocycles. The minimum absolute atomic E-state index is 0.897. The molecule has 2 rings (SSSR count). The molecule has 0 bridgehead atoms. The monoisotopic (exact) mass is 181 g/mol. The summed E-state index contributed by atoms with van der Waals surface area (Å²) < 4.78 is 0. The van der Waals surface area contributed by atoms with Crippen LogP contribution in [0.2, 0.25) is 0 Å². The van der Waals surface area contributed by atoms with E-state index in [9.17, 15) is 0 Å². The number of hydrogen-bond acceptors (Lipinski definition) is 1. The van der Waals surface area contributed by atoms with E-state index < -0.39 is 0 Å². The summed E-state index contributed by atoms with van der Waals surface area (Å²) in [6.45, 7) is 6.08. The topological polar surface area (TPSA) is 12.0 Å². The highest BCUT2D eigenvalue weighted by Gasteiger charge is 2.30. The van der Waals surface area contributed by atoms with Gasteiger partial charge in [0.2, 0.25) is 0 Å². The van der Waals surface area contributed by atoms with E-state index in [4.69, 9.17) is 0 Å². The number of nitrogens with one attached hydrogen (secondary N) is 1. The highest BCUT2D eigenvalue weighted by atomic mass is 14.9. The maximum absolute atomic E-state index is 3.68. The molecule has 0 aromatic carbocycles. The van der Waals surface area contributed by atoms with Crippen LogP contribution in [-0.2, 0) is 0 Å². The third kappa shape index (κ3) is 2.46. The first-order valence-corrected chi connectivity index (χ1v) is 6.00. The molecule has 2 unspecified atom stereocenters. The summed E-state index contributed by atoms with van der Waals surface area (Å²) in [6.07, 6.45) is 7.29. The Morgan fingerprint density at radius 2 is 1.92 bits per heavy atom. The molecule has 2 fully saturated rings. The van der Waals surface area contributed by atoms with Crippen LogP contribution in [-0.4, -0.2) is 12.6 Å². The van der Waals surface area contributed by atoms with E-state index in [-0.39, 0.29) is 0 Å². The summed E-state index contributed by atoms with van der Waals surface area (Å²) in [4.78, 5) is 0. The fourth-order valence-electron chi connectivity index (χ4n) is 2.80. The summed E-state index contributed by atoms with van der Waals surface area (Å²) in [5, 5.41) is 3.68. The Bertz CT molecular complexity index is 161. The molecule has 1 nitrogen and oxygen atoms in total. The van der Waals surface area contributed by atoms with E-state index in [1.54, 1.807) is 0 Å². The molecule has 0 heterocycles. The van der Waals surface area contributed by atoms with Gasteiger partial charge in [0.25, 0.3) is 0 Å². The second-order valence-corrected chi connectivity index (χ2v) is 5.28. The van der Waals surface area contributed by atoms with Crippen molar-refractivity contribution in [3.8, 4) is 0 Å². The van der Waals surface area contributed by atoms with E-state index in [0.29, 0.717) is 0 Å². The van der Waals surface area contributed by atoms with Gasteiger partial charge in [-0.15, -0.1) is 0 Å². The summed E-state index contributed by atoms with van der Waals surface area (Å²) in [6, 6.07) is 0.897. The fourth-order valence-corrected chi connectivity index (χ4v) is 2.80. The lowest BCUT2D eigenvalue weighted by Crippen LogP contribution is -2.28. The molecule has 1 N–H and O–H groups in total. The molecule has 76 valence electrons. The lowest BCUT2D eigenvalue weighted by molar-refractivity contribution is 0.285. The quantitative estimate of drug-likeness (QED) is 0.703. The third-order valence-electron chi connectivity index (χ3n) is 3.82. The maximum atomic E-state index is 3.68. The van der Waals surface area contributed by atoms with Gasteiger partial charge in [-0.25, -0.2) is 0 Å². The molecule has 2 saturated carbocycles. The number of rotatable bonds is 4. The third-order valence-corrected chi connectivity index (χ3v) is 3.82. The van der Waals surface area contributed by atoms with Gasteiger partial charge in [0.05, 0.1) is 0 Å². The highest BCUT2D eigenvalue weighted by Crippen LogP contribution is 2.36. The van der Waals surface area contributed by atoms with Crippen LogP contribution < -0.4 is 5.32 Å². The van der Waals surface area contributed by atoms with Crippen LogP contribution in [0.1, 0.15) is 46.0 Å². The van der Waals surface area contributed by atoms with Crippen LogP contribution in [0.15, 0.2) is 0 Å². The van der Waals surface area contributed by atoms with Gasteiger partial charge in [-0.3, -0.25) is 0 Å². The Labute approximate surface area is 82.3 Å². The molecule has 0 spiro atoms. The lowest BCUT2D eigenvalue weighted by Gasteiger charge is -2.23. The molecule has 0 saturated heterocycles. The summed E-state index contributed by atoms with van der Waals surface area (Å²) in [5.74, 6) is 2.89. The smallest absolute Gasteiger partial charge is 0.00683 e. The van der Waals surface area contributed by atoms with Gasteiger partial charge >= 0.3 is 0 Å². The zero-order valence-corrected chi connectivity index (χ0v) is 9.05. The Morgan fingerprint density at radius 3 is 2.54 bits per heavy atom. The molecule has 13 heavy (non-hydrogen) atoms. The van der Waals surface area contributed by atoms with E-state index in [2.05, 4.69) is 19.2 Å². The molecule has 0 aromatic rings. The minimum atomic E-state index is 0.897. The van der Waals surface area contributed by atoms with Crippen LogP contribution in [0.4, 0.5) is 0 Å². The van der Waals surface area contributed by atoms with Crippen molar-refractivity contribution in [2.75, 3.05) is 6.54 Å². The highest BCUT2D eigenvalue weighted by molar-refractivity contribution is 4.86. The van der Waals surface area contributed by atoms with Crippen LogP contribution in [0.5, 0.6) is 0 Å². The summed E-state index contributed by atoms with van der Waals surface area (Å²) >= 11 is 0. The average Bonchev–Trinajstić information content (AvgIpc) is 2.79. The Balaban J connectivity index is 1.75. The second kappa shape index (κ2) is 4.00. The van der Waals surface area contributed by atoms with Gasteiger partial charge in [-0.2, -0.15) is 0 Å². The van der Waals surface area contributed by atoms with Crippen molar-refractivity contribution in [1.29, 1.82) is 0 Å². The van der Waals surface area contributed by atoms with Gasteiger partial charge in [-0.1, -0.05) is 20.3 Å². The number of hydrogen-bond donors (Lipinski definition) is 1. The molecule has 1 heteroatoms.